The van der Waals surface area contributed by atoms with E-state index in [1.165, 1.54) is 19.3 Å². The largest absolute Gasteiger partial charge is 0.508 e. The normalized spacial score (nSPS) is 33.1. The van der Waals surface area contributed by atoms with Crippen LogP contribution in [0.15, 0.2) is 24.3 Å². The Bertz CT molecular complexity index is 430. The summed E-state index contributed by atoms with van der Waals surface area (Å²) < 4.78 is 6.23. The van der Waals surface area contributed by atoms with Gasteiger partial charge in [-0.25, -0.2) is 0 Å². The number of fused-ring (bicyclic) bond motifs is 1. The smallest absolute Gasteiger partial charge is 0.115 e. The number of ether oxygens (including phenoxy) is 1. The van der Waals surface area contributed by atoms with Crippen molar-refractivity contribution in [2.75, 3.05) is 20.2 Å². The van der Waals surface area contributed by atoms with Gasteiger partial charge in [-0.05, 0) is 37.6 Å². The number of hydrogen-bond acceptors (Lipinski definition) is 3. The fourth-order valence-electron chi connectivity index (χ4n) is 3.59. The summed E-state index contributed by atoms with van der Waals surface area (Å²) in [6.45, 7) is 1.79. The fraction of sp³-hybridized carbons (Fsp3) is 0.600. The lowest BCUT2D eigenvalue weighted by Crippen LogP contribution is -2.57. The molecule has 0 aromatic heterocycles. The van der Waals surface area contributed by atoms with Gasteiger partial charge in [0, 0.05) is 12.6 Å². The van der Waals surface area contributed by atoms with Crippen molar-refractivity contribution in [2.45, 2.75) is 37.3 Å². The summed E-state index contributed by atoms with van der Waals surface area (Å²) in [7, 11) is 2.19. The number of benzene rings is 1. The van der Waals surface area contributed by atoms with Gasteiger partial charge in [0.15, 0.2) is 0 Å². The minimum absolute atomic E-state index is 0.204. The number of rotatable bonds is 1. The maximum atomic E-state index is 9.73. The highest BCUT2D eigenvalue weighted by Crippen LogP contribution is 2.45. The molecule has 2 atom stereocenters. The SMILES string of the molecule is CN1CCO[C@]2(c3cccc(O)c3)CCCC[C@@H]12. The zero-order valence-electron chi connectivity index (χ0n) is 10.9. The molecular formula is C15H21NO2. The molecular weight excluding hydrogens is 226 g/mol. The van der Waals surface area contributed by atoms with Crippen LogP contribution in [0.2, 0.25) is 0 Å². The van der Waals surface area contributed by atoms with Gasteiger partial charge in [-0.2, -0.15) is 0 Å². The molecule has 2 fully saturated rings. The molecule has 0 spiro atoms. The first-order valence-corrected chi connectivity index (χ1v) is 6.86. The van der Waals surface area contributed by atoms with Crippen molar-refractivity contribution in [1.29, 1.82) is 0 Å². The van der Waals surface area contributed by atoms with Crippen molar-refractivity contribution in [3.8, 4) is 5.75 Å². The van der Waals surface area contributed by atoms with Gasteiger partial charge in [-0.3, -0.25) is 4.90 Å². The quantitative estimate of drug-likeness (QED) is 0.827. The molecule has 0 amide bonds. The number of hydrogen-bond donors (Lipinski definition) is 1. The van der Waals surface area contributed by atoms with Gasteiger partial charge in [-0.1, -0.05) is 25.0 Å². The maximum Gasteiger partial charge on any atom is 0.115 e. The molecule has 1 saturated carbocycles. The van der Waals surface area contributed by atoms with E-state index in [9.17, 15) is 5.11 Å². The molecule has 2 aliphatic rings. The number of aromatic hydroxyl groups is 1. The number of phenols is 1. The number of likely N-dealkylation sites (N-methyl/N-ethyl adjacent to an activating group) is 1. The molecule has 1 aromatic rings. The number of phenolic OH excluding ortho intramolecular Hbond substituents is 1. The topological polar surface area (TPSA) is 32.7 Å². The molecule has 1 aromatic carbocycles. The summed E-state index contributed by atoms with van der Waals surface area (Å²) in [4.78, 5) is 2.42. The average Bonchev–Trinajstić information content (AvgIpc) is 2.39. The van der Waals surface area contributed by atoms with E-state index in [0.717, 1.165) is 25.1 Å². The zero-order chi connectivity index (χ0) is 12.6. The predicted octanol–water partition coefficient (Wildman–Crippen LogP) is 2.49. The molecule has 1 saturated heterocycles. The summed E-state index contributed by atoms with van der Waals surface area (Å²) in [5.74, 6) is 0.336. The first-order valence-electron chi connectivity index (χ1n) is 6.86. The Labute approximate surface area is 108 Å². The summed E-state index contributed by atoms with van der Waals surface area (Å²) in [5, 5.41) is 9.73. The van der Waals surface area contributed by atoms with Crippen molar-refractivity contribution in [3.63, 3.8) is 0 Å². The summed E-state index contributed by atoms with van der Waals surface area (Å²) >= 11 is 0. The molecule has 3 rings (SSSR count). The second-order valence-corrected chi connectivity index (χ2v) is 5.53. The molecule has 98 valence electrons. The minimum Gasteiger partial charge on any atom is -0.508 e. The highest BCUT2D eigenvalue weighted by molar-refractivity contribution is 5.33. The lowest BCUT2D eigenvalue weighted by atomic mass is 9.74. The number of morpholine rings is 1. The van der Waals surface area contributed by atoms with E-state index in [1.54, 1.807) is 6.07 Å². The summed E-state index contributed by atoms with van der Waals surface area (Å²) in [6.07, 6.45) is 4.73. The second kappa shape index (κ2) is 4.56. The van der Waals surface area contributed by atoms with Gasteiger partial charge in [0.1, 0.15) is 11.4 Å². The maximum absolute atomic E-state index is 9.73. The molecule has 0 bridgehead atoms. The van der Waals surface area contributed by atoms with Crippen molar-refractivity contribution in [2.24, 2.45) is 0 Å². The van der Waals surface area contributed by atoms with E-state index < -0.39 is 0 Å². The first-order chi connectivity index (χ1) is 8.72. The van der Waals surface area contributed by atoms with Crippen LogP contribution in [0.3, 0.4) is 0 Å². The molecule has 3 nitrogen and oxygen atoms in total. The Kier molecular flexibility index (Phi) is 3.04. The van der Waals surface area contributed by atoms with Crippen molar-refractivity contribution in [1.82, 2.24) is 4.90 Å². The average molecular weight is 247 g/mol. The third kappa shape index (κ3) is 1.82. The molecule has 1 N–H and O–H groups in total. The van der Waals surface area contributed by atoms with Gasteiger partial charge < -0.3 is 9.84 Å². The molecule has 1 aliphatic heterocycles. The van der Waals surface area contributed by atoms with Crippen LogP contribution in [-0.2, 0) is 10.3 Å². The number of nitrogens with zero attached hydrogens (tertiary/aromatic N) is 1. The van der Waals surface area contributed by atoms with Crippen LogP contribution in [0, 0.1) is 0 Å². The highest BCUT2D eigenvalue weighted by atomic mass is 16.5. The molecule has 0 radical (unpaired) electrons. The van der Waals surface area contributed by atoms with Gasteiger partial charge >= 0.3 is 0 Å². The van der Waals surface area contributed by atoms with Crippen LogP contribution in [0.4, 0.5) is 0 Å². The van der Waals surface area contributed by atoms with E-state index >= 15 is 0 Å². The lowest BCUT2D eigenvalue weighted by Gasteiger charge is -2.51. The molecule has 0 unspecified atom stereocenters. The van der Waals surface area contributed by atoms with Crippen LogP contribution in [0.5, 0.6) is 5.75 Å². The lowest BCUT2D eigenvalue weighted by molar-refractivity contribution is -0.165. The molecule has 18 heavy (non-hydrogen) atoms. The second-order valence-electron chi connectivity index (χ2n) is 5.53. The van der Waals surface area contributed by atoms with Gasteiger partial charge in [0.05, 0.1) is 6.61 Å². The van der Waals surface area contributed by atoms with Crippen LogP contribution >= 0.6 is 0 Å². The Balaban J connectivity index is 2.03. The van der Waals surface area contributed by atoms with Gasteiger partial charge in [-0.15, -0.1) is 0 Å². The van der Waals surface area contributed by atoms with Crippen LogP contribution in [0.25, 0.3) is 0 Å². The van der Waals surface area contributed by atoms with E-state index in [1.807, 2.05) is 12.1 Å². The van der Waals surface area contributed by atoms with Crippen LogP contribution in [0.1, 0.15) is 31.2 Å². The van der Waals surface area contributed by atoms with Crippen LogP contribution < -0.4 is 0 Å². The highest BCUT2D eigenvalue weighted by Gasteiger charge is 2.47. The molecule has 1 heterocycles. The monoisotopic (exact) mass is 247 g/mol. The Morgan fingerprint density at radius 3 is 3.11 bits per heavy atom. The third-order valence-electron chi connectivity index (χ3n) is 4.48. The molecule has 3 heteroatoms. The predicted molar refractivity (Wildman–Crippen MR) is 70.6 cm³/mol. The van der Waals surface area contributed by atoms with E-state index in [4.69, 9.17) is 4.74 Å². The summed E-state index contributed by atoms with van der Waals surface area (Å²) in [6, 6.07) is 8.06. The third-order valence-corrected chi connectivity index (χ3v) is 4.48. The van der Waals surface area contributed by atoms with Crippen molar-refractivity contribution in [3.05, 3.63) is 29.8 Å². The van der Waals surface area contributed by atoms with E-state index in [0.29, 0.717) is 11.8 Å². The Morgan fingerprint density at radius 2 is 2.28 bits per heavy atom. The van der Waals surface area contributed by atoms with Gasteiger partial charge in [0.2, 0.25) is 0 Å². The van der Waals surface area contributed by atoms with Gasteiger partial charge in [0.25, 0.3) is 0 Å². The van der Waals surface area contributed by atoms with Crippen LogP contribution in [-0.4, -0.2) is 36.2 Å². The first kappa shape index (κ1) is 12.0. The molecule has 1 aliphatic carbocycles. The Hall–Kier alpha value is -1.06. The zero-order valence-corrected chi connectivity index (χ0v) is 10.9. The van der Waals surface area contributed by atoms with E-state index in [-0.39, 0.29) is 5.60 Å². The minimum atomic E-state index is -0.204. The standard InChI is InChI=1S/C15H21NO2/c1-16-9-10-18-15(8-3-2-7-14(15)16)12-5-4-6-13(17)11-12/h4-6,11,14,17H,2-3,7-10H2,1H3/t14-,15+/m1/s1. The Morgan fingerprint density at radius 1 is 1.39 bits per heavy atom. The van der Waals surface area contributed by atoms with E-state index in [2.05, 4.69) is 18.0 Å². The fourth-order valence-corrected chi connectivity index (χ4v) is 3.59. The summed E-state index contributed by atoms with van der Waals surface area (Å²) in [5.41, 5.74) is 0.933. The van der Waals surface area contributed by atoms with Crippen molar-refractivity contribution >= 4 is 0 Å². The van der Waals surface area contributed by atoms with Crippen molar-refractivity contribution < 1.29 is 9.84 Å².